The lowest BCUT2D eigenvalue weighted by Gasteiger charge is -2.35. The summed E-state index contributed by atoms with van der Waals surface area (Å²) in [6.07, 6.45) is 8.15. The van der Waals surface area contributed by atoms with Gasteiger partial charge in [-0.3, -0.25) is 4.90 Å². The number of sulfone groups is 1. The van der Waals surface area contributed by atoms with Crippen LogP contribution in [-0.2, 0) is 56.5 Å². The predicted molar refractivity (Wildman–Crippen MR) is 355 cm³/mol. The van der Waals surface area contributed by atoms with Gasteiger partial charge in [0.25, 0.3) is 0 Å². The van der Waals surface area contributed by atoms with Crippen LogP contribution in [0.2, 0.25) is 0 Å². The number of rotatable bonds is 15. The molecular weight excluding hydrogens is 1230 g/mol. The van der Waals surface area contributed by atoms with E-state index in [0.29, 0.717) is 93.2 Å². The summed E-state index contributed by atoms with van der Waals surface area (Å²) in [6, 6.07) is 45.7. The first kappa shape index (κ1) is 72.2. The maximum Gasteiger partial charge on any atom is 0.243 e. The van der Waals surface area contributed by atoms with Crippen molar-refractivity contribution in [3.63, 3.8) is 0 Å². The van der Waals surface area contributed by atoms with Gasteiger partial charge in [-0.25, -0.2) is 46.8 Å². The number of hydrogen-bond donors (Lipinski definition) is 1. The van der Waals surface area contributed by atoms with Gasteiger partial charge in [0.2, 0.25) is 40.1 Å². The zero-order valence-corrected chi connectivity index (χ0v) is 57.3. The fourth-order valence-corrected chi connectivity index (χ4v) is 18.5. The van der Waals surface area contributed by atoms with Gasteiger partial charge in [-0.2, -0.15) is 12.9 Å². The first-order chi connectivity index (χ1) is 41.1. The van der Waals surface area contributed by atoms with Crippen LogP contribution in [0.15, 0.2) is 176 Å². The average molecular weight is 1320 g/mol. The van der Waals surface area contributed by atoms with Crippen LogP contribution in [-0.4, -0.2) is 124 Å². The number of aryl methyl sites for hydroxylation is 5. The summed E-state index contributed by atoms with van der Waals surface area (Å²) in [6.45, 7) is 22.7. The number of hydrogen-bond acceptors (Lipinski definition) is 11. The highest BCUT2D eigenvalue weighted by molar-refractivity contribution is 7.91. The average Bonchev–Trinajstić information content (AvgIpc) is 2.27. The summed E-state index contributed by atoms with van der Waals surface area (Å²) in [7, 11) is -16.2. The molecule has 4 aliphatic heterocycles. The van der Waals surface area contributed by atoms with Gasteiger partial charge >= 0.3 is 0 Å². The van der Waals surface area contributed by atoms with Crippen LogP contribution in [0.3, 0.4) is 0 Å². The molecule has 0 radical (unpaired) electrons. The molecule has 1 aliphatic carbocycles. The van der Waals surface area contributed by atoms with Crippen LogP contribution in [0.4, 0.5) is 0 Å². The maximum absolute atomic E-state index is 12.5. The minimum absolute atomic E-state index is 0. The molecule has 88 heavy (non-hydrogen) atoms. The predicted octanol–water partition coefficient (Wildman–Crippen LogP) is 12.0. The van der Waals surface area contributed by atoms with Crippen LogP contribution in [0.1, 0.15) is 106 Å². The van der Waals surface area contributed by atoms with E-state index in [9.17, 15) is 42.1 Å². The largest absolute Gasteiger partial charge is 0.299 e. The Labute approximate surface area is 533 Å². The first-order valence-corrected chi connectivity index (χ1v) is 38.0. The molecule has 0 spiro atoms. The fraction of sp³-hybridized carbons (Fsp3) is 0.463. The Balaban J connectivity index is 0.000000177. The standard InChI is InChI=1S/C19H24N2O2S.C14H21NO2S.C12H16O2S.2C11H15NO2S.ClH/c1-16-7-9-19(10-8-16)24(22,23)20-18-11-13-21(14-12-18)15-17-5-3-2-4-6-17;1-3-13-8-10-15(11-9-13)18(16,17)14-6-4-12(2)5-7-14;1-10-5-7-12(8-6-10)15(13,14)9-11-3-2-4-11;2*1-9-3-5-11(6-4-9)15(13,14)12-7-10(2)8-12;/h2-10,18,20H,11-15H2,1H3;4-7,13H,3,8-11H2,1-2H3;5-8,11H,2-4,9H2,1H3;2*3-6,10H,7-8H2,1-2H3;1H. The van der Waals surface area contributed by atoms with Gasteiger partial charge in [0, 0.05) is 64.9 Å². The molecule has 5 fully saturated rings. The topological polar surface area (TPSA) is 196 Å². The van der Waals surface area contributed by atoms with Gasteiger partial charge in [0.05, 0.1) is 30.2 Å². The molecule has 11 rings (SSSR count). The molecule has 6 aromatic carbocycles. The van der Waals surface area contributed by atoms with Crippen molar-refractivity contribution in [3.8, 4) is 0 Å². The number of halogens is 1. The van der Waals surface area contributed by atoms with E-state index in [4.69, 9.17) is 0 Å². The molecule has 0 bridgehead atoms. The van der Waals surface area contributed by atoms with Gasteiger partial charge in [0.1, 0.15) is 0 Å². The second kappa shape index (κ2) is 32.4. The number of piperidine rings is 2. The van der Waals surface area contributed by atoms with Crippen LogP contribution < -0.4 is 4.72 Å². The summed E-state index contributed by atoms with van der Waals surface area (Å²) >= 11 is 0. The molecule has 1 N–H and O–H groups in total. The first-order valence-electron chi connectivity index (χ1n) is 30.5. The number of nitrogens with one attached hydrogen (secondary N) is 1. The third kappa shape index (κ3) is 20.6. The van der Waals surface area contributed by atoms with Crippen LogP contribution >= 0.6 is 12.4 Å². The van der Waals surface area contributed by atoms with Crippen LogP contribution in [0.5, 0.6) is 0 Å². The van der Waals surface area contributed by atoms with Crippen molar-refractivity contribution < 1.29 is 42.1 Å². The normalized spacial score (nSPS) is 17.9. The fourth-order valence-electron chi connectivity index (χ4n) is 10.7. The maximum atomic E-state index is 12.5. The lowest BCUT2D eigenvalue weighted by molar-refractivity contribution is 0.200. The minimum atomic E-state index is -3.42. The van der Waals surface area contributed by atoms with Crippen molar-refractivity contribution in [1.82, 2.24) is 22.5 Å². The summed E-state index contributed by atoms with van der Waals surface area (Å²) in [5, 5.41) is 0. The van der Waals surface area contributed by atoms with Crippen molar-refractivity contribution in [2.75, 3.05) is 58.1 Å². The summed E-state index contributed by atoms with van der Waals surface area (Å²) < 4.78 is 129. The number of nitrogens with zero attached hydrogens (tertiary/aromatic N) is 4. The number of sulfonamides is 4. The summed E-state index contributed by atoms with van der Waals surface area (Å²) in [5.74, 6) is 2.40. The Hall–Kier alpha value is -4.84. The molecule has 0 atom stereocenters. The van der Waals surface area contributed by atoms with Crippen LogP contribution in [0, 0.1) is 58.3 Å². The highest BCUT2D eigenvalue weighted by Gasteiger charge is 2.36. The van der Waals surface area contributed by atoms with E-state index in [1.54, 1.807) is 65.0 Å². The third-order valence-electron chi connectivity index (χ3n) is 16.7. The monoisotopic (exact) mass is 1320 g/mol. The van der Waals surface area contributed by atoms with Gasteiger partial charge in [-0.1, -0.05) is 152 Å². The quantitative estimate of drug-likeness (QED) is 0.103. The summed E-state index contributed by atoms with van der Waals surface area (Å²) in [4.78, 5) is 4.43. The SMILES string of the molecule is CCC1CCN(S(=O)(=O)c2ccc(C)cc2)CC1.Cc1ccc(S(=O)(=O)CC2CCC2)cc1.Cc1ccc(S(=O)(=O)N2CC(C)C2)cc1.Cc1ccc(S(=O)(=O)N2CC(C)C2)cc1.Cc1ccc(S(=O)(=O)NC2CCN(Cc3ccccc3)CC2)cc1.Cl. The number of likely N-dealkylation sites (tertiary alicyclic amines) is 1. The molecule has 6 aromatic rings. The lowest BCUT2D eigenvalue weighted by Crippen LogP contribution is -2.48. The van der Waals surface area contributed by atoms with Crippen molar-refractivity contribution >= 4 is 62.3 Å². The highest BCUT2D eigenvalue weighted by Crippen LogP contribution is 2.31. The zero-order chi connectivity index (χ0) is 63.2. The second-order valence-electron chi connectivity index (χ2n) is 24.4. The molecular formula is C67H92ClN5O10S5. The van der Waals surface area contributed by atoms with Gasteiger partial charge in [-0.05, 0) is 163 Å². The molecule has 1 saturated carbocycles. The summed E-state index contributed by atoms with van der Waals surface area (Å²) in [5.41, 5.74) is 6.69. The number of benzene rings is 6. The van der Waals surface area contributed by atoms with E-state index in [-0.39, 0.29) is 18.4 Å². The lowest BCUT2D eigenvalue weighted by atomic mass is 9.87. The van der Waals surface area contributed by atoms with E-state index < -0.39 is 49.9 Å². The van der Waals surface area contributed by atoms with Crippen molar-refractivity contribution in [2.45, 2.75) is 144 Å². The molecule has 4 heterocycles. The van der Waals surface area contributed by atoms with E-state index in [2.05, 4.69) is 54.7 Å². The highest BCUT2D eigenvalue weighted by atomic mass is 35.5. The molecule has 21 heteroatoms. The smallest absolute Gasteiger partial charge is 0.243 e. The van der Waals surface area contributed by atoms with Gasteiger partial charge in [0.15, 0.2) is 9.84 Å². The van der Waals surface area contributed by atoms with E-state index in [1.165, 1.54) is 20.6 Å². The Morgan fingerprint density at radius 2 is 0.761 bits per heavy atom. The third-order valence-corrected chi connectivity index (χ3v) is 25.8. The molecule has 0 amide bonds. The van der Waals surface area contributed by atoms with E-state index in [0.717, 1.165) is 92.4 Å². The van der Waals surface area contributed by atoms with Gasteiger partial charge < -0.3 is 0 Å². The Morgan fingerprint density at radius 1 is 0.409 bits per heavy atom. The van der Waals surface area contributed by atoms with E-state index >= 15 is 0 Å². The second-order valence-corrected chi connectivity index (χ2v) is 34.0. The Kier molecular flexibility index (Phi) is 26.6. The van der Waals surface area contributed by atoms with Crippen molar-refractivity contribution in [3.05, 3.63) is 185 Å². The molecule has 4 saturated heterocycles. The van der Waals surface area contributed by atoms with E-state index in [1.807, 2.05) is 101 Å². The molecule has 0 unspecified atom stereocenters. The Morgan fingerprint density at radius 3 is 1.10 bits per heavy atom. The van der Waals surface area contributed by atoms with Crippen LogP contribution in [0.25, 0.3) is 0 Å². The van der Waals surface area contributed by atoms with Crippen molar-refractivity contribution in [1.29, 1.82) is 0 Å². The molecule has 5 aliphatic rings. The zero-order valence-electron chi connectivity index (χ0n) is 52.4. The van der Waals surface area contributed by atoms with Crippen molar-refractivity contribution in [2.24, 2.45) is 23.7 Å². The minimum Gasteiger partial charge on any atom is -0.299 e. The van der Waals surface area contributed by atoms with Gasteiger partial charge in [-0.15, -0.1) is 12.4 Å². The molecule has 482 valence electrons. The Bertz CT molecular complexity index is 3610. The molecule has 15 nitrogen and oxygen atoms in total. The molecule has 0 aromatic heterocycles.